The summed E-state index contributed by atoms with van der Waals surface area (Å²) >= 11 is 1.42. The number of urea groups is 1. The van der Waals surface area contributed by atoms with Gasteiger partial charge in [0.25, 0.3) is 0 Å². The van der Waals surface area contributed by atoms with Gasteiger partial charge in [-0.1, -0.05) is 6.92 Å². The lowest BCUT2D eigenvalue weighted by atomic mass is 9.86. The fourth-order valence-corrected chi connectivity index (χ4v) is 4.17. The molecule has 0 radical (unpaired) electrons. The van der Waals surface area contributed by atoms with Crippen LogP contribution in [0.3, 0.4) is 0 Å². The lowest BCUT2D eigenvalue weighted by Crippen LogP contribution is -2.54. The Hall–Kier alpha value is -1.90. The predicted molar refractivity (Wildman–Crippen MR) is 95.0 cm³/mol. The zero-order valence-electron chi connectivity index (χ0n) is 14.5. The van der Waals surface area contributed by atoms with Crippen molar-refractivity contribution < 1.29 is 14.7 Å². The summed E-state index contributed by atoms with van der Waals surface area (Å²) < 4.78 is 4.31. The van der Waals surface area contributed by atoms with Gasteiger partial charge in [0.1, 0.15) is 5.82 Å². The van der Waals surface area contributed by atoms with Gasteiger partial charge < -0.3 is 20.2 Å². The Balaban J connectivity index is 1.43. The minimum atomic E-state index is -0.719. The highest BCUT2D eigenvalue weighted by atomic mass is 32.1. The Morgan fingerprint density at radius 2 is 1.88 bits per heavy atom. The molecule has 1 saturated carbocycles. The van der Waals surface area contributed by atoms with E-state index in [1.807, 2.05) is 11.8 Å². The van der Waals surface area contributed by atoms with Gasteiger partial charge in [0.2, 0.25) is 5.13 Å². The lowest BCUT2D eigenvalue weighted by molar-refractivity contribution is -0.142. The largest absolute Gasteiger partial charge is 0.481 e. The smallest absolute Gasteiger partial charge is 0.317 e. The van der Waals surface area contributed by atoms with Crippen molar-refractivity contribution in [1.29, 1.82) is 0 Å². The van der Waals surface area contributed by atoms with Crippen LogP contribution >= 0.6 is 11.5 Å². The molecule has 2 N–H and O–H groups in total. The first kappa shape index (κ1) is 17.9. The molecule has 2 aliphatic rings. The molecule has 0 spiro atoms. The fourth-order valence-electron chi connectivity index (χ4n) is 3.37. The molecule has 9 heteroatoms. The molecule has 3 rings (SSSR count). The molecule has 0 unspecified atom stereocenters. The fraction of sp³-hybridized carbons (Fsp3) is 0.750. The second-order valence-electron chi connectivity index (χ2n) is 6.66. The highest BCUT2D eigenvalue weighted by Gasteiger charge is 2.29. The number of hydrogen-bond donors (Lipinski definition) is 2. The van der Waals surface area contributed by atoms with Crippen LogP contribution in [0, 0.1) is 5.92 Å². The van der Waals surface area contributed by atoms with Gasteiger partial charge in [0, 0.05) is 50.2 Å². The molecule has 8 nitrogen and oxygen atoms in total. The van der Waals surface area contributed by atoms with Crippen molar-refractivity contribution in [1.82, 2.24) is 19.6 Å². The van der Waals surface area contributed by atoms with Crippen molar-refractivity contribution in [2.24, 2.45) is 5.92 Å². The first-order chi connectivity index (χ1) is 12.1. The van der Waals surface area contributed by atoms with Gasteiger partial charge in [-0.25, -0.2) is 9.78 Å². The third-order valence-electron chi connectivity index (χ3n) is 5.02. The number of hydrogen-bond acceptors (Lipinski definition) is 6. The molecule has 1 aromatic rings. The maximum atomic E-state index is 12.4. The number of aromatic nitrogens is 2. The van der Waals surface area contributed by atoms with E-state index in [2.05, 4.69) is 19.6 Å². The van der Waals surface area contributed by atoms with E-state index in [0.29, 0.717) is 25.9 Å². The van der Waals surface area contributed by atoms with Crippen LogP contribution in [0.15, 0.2) is 0 Å². The molecule has 0 atom stereocenters. The van der Waals surface area contributed by atoms with Crippen LogP contribution in [0.5, 0.6) is 0 Å². The molecule has 2 fully saturated rings. The lowest BCUT2D eigenvalue weighted by Gasteiger charge is -2.36. The number of amides is 2. The second-order valence-corrected chi connectivity index (χ2v) is 7.39. The number of aliphatic carboxylic acids is 1. The van der Waals surface area contributed by atoms with Crippen molar-refractivity contribution in [2.45, 2.75) is 45.1 Å². The van der Waals surface area contributed by atoms with Gasteiger partial charge >= 0.3 is 12.0 Å². The number of carbonyl (C=O) groups excluding carboxylic acids is 1. The number of carbonyl (C=O) groups is 2. The summed E-state index contributed by atoms with van der Waals surface area (Å²) in [6, 6.07) is 0.0568. The summed E-state index contributed by atoms with van der Waals surface area (Å²) in [6.07, 6.45) is 3.61. The van der Waals surface area contributed by atoms with Gasteiger partial charge in [-0.2, -0.15) is 4.37 Å². The molecule has 0 aromatic carbocycles. The minimum absolute atomic E-state index is 0.0371. The van der Waals surface area contributed by atoms with Crippen LogP contribution in [-0.4, -0.2) is 63.6 Å². The minimum Gasteiger partial charge on any atom is -0.481 e. The number of anilines is 1. The molecule has 2 amide bonds. The number of nitrogens with zero attached hydrogens (tertiary/aromatic N) is 4. The van der Waals surface area contributed by atoms with E-state index in [0.717, 1.165) is 43.3 Å². The van der Waals surface area contributed by atoms with Crippen molar-refractivity contribution in [3.8, 4) is 0 Å². The predicted octanol–water partition coefficient (Wildman–Crippen LogP) is 1.58. The number of rotatable bonds is 4. The number of carboxylic acid groups (broad SMARTS) is 1. The summed E-state index contributed by atoms with van der Waals surface area (Å²) in [4.78, 5) is 31.9. The molecular weight excluding hydrogens is 342 g/mol. The van der Waals surface area contributed by atoms with E-state index in [1.165, 1.54) is 11.5 Å². The van der Waals surface area contributed by atoms with Crippen molar-refractivity contribution in [3.05, 3.63) is 5.82 Å². The van der Waals surface area contributed by atoms with E-state index in [9.17, 15) is 9.59 Å². The van der Waals surface area contributed by atoms with E-state index in [-0.39, 0.29) is 18.0 Å². The summed E-state index contributed by atoms with van der Waals surface area (Å²) in [5.41, 5.74) is 0. The number of aryl methyl sites for hydroxylation is 1. The topological polar surface area (TPSA) is 98.7 Å². The molecule has 1 aromatic heterocycles. The van der Waals surface area contributed by atoms with Gasteiger partial charge in [-0.3, -0.25) is 4.79 Å². The zero-order valence-corrected chi connectivity index (χ0v) is 15.3. The number of carboxylic acids is 1. The van der Waals surface area contributed by atoms with E-state index in [4.69, 9.17) is 5.11 Å². The summed E-state index contributed by atoms with van der Waals surface area (Å²) in [6.45, 7) is 4.89. The molecule has 25 heavy (non-hydrogen) atoms. The van der Waals surface area contributed by atoms with Crippen molar-refractivity contribution >= 4 is 28.7 Å². The molecule has 138 valence electrons. The van der Waals surface area contributed by atoms with Gasteiger partial charge in [0.05, 0.1) is 5.92 Å². The molecule has 1 aliphatic carbocycles. The molecule has 1 aliphatic heterocycles. The quantitative estimate of drug-likeness (QED) is 0.838. The van der Waals surface area contributed by atoms with Crippen LogP contribution in [0.25, 0.3) is 0 Å². The number of nitrogens with one attached hydrogen (secondary N) is 1. The Bertz CT molecular complexity index is 607. The van der Waals surface area contributed by atoms with Gasteiger partial charge in [-0.15, -0.1) is 0 Å². The SMILES string of the molecule is CCc1nsc(N2CCN(C(=O)NC3CCC(C(=O)O)CC3)CC2)n1. The Labute approximate surface area is 151 Å². The molecule has 0 bridgehead atoms. The third kappa shape index (κ3) is 4.39. The number of piperazine rings is 1. The van der Waals surface area contributed by atoms with Crippen molar-refractivity contribution in [2.75, 3.05) is 31.1 Å². The van der Waals surface area contributed by atoms with Crippen molar-refractivity contribution in [3.63, 3.8) is 0 Å². The van der Waals surface area contributed by atoms with Crippen LogP contribution in [-0.2, 0) is 11.2 Å². The van der Waals surface area contributed by atoms with E-state index < -0.39 is 5.97 Å². The maximum Gasteiger partial charge on any atom is 0.317 e. The average molecular weight is 367 g/mol. The maximum absolute atomic E-state index is 12.4. The van der Waals surface area contributed by atoms with E-state index in [1.54, 1.807) is 0 Å². The second kappa shape index (κ2) is 7.99. The van der Waals surface area contributed by atoms with Gasteiger partial charge in [-0.05, 0) is 25.7 Å². The average Bonchev–Trinajstić information content (AvgIpc) is 3.11. The standard InChI is InChI=1S/C16H25N5O3S/c1-2-13-18-16(25-19-13)21-9-7-20(8-10-21)15(24)17-12-5-3-11(4-6-12)14(22)23/h11-12H,2-10H2,1H3,(H,17,24)(H,22,23). The van der Waals surface area contributed by atoms with Crippen LogP contribution in [0.1, 0.15) is 38.4 Å². The Morgan fingerprint density at radius 3 is 2.44 bits per heavy atom. The zero-order chi connectivity index (χ0) is 17.8. The Kier molecular flexibility index (Phi) is 5.72. The van der Waals surface area contributed by atoms with Crippen LogP contribution in [0.2, 0.25) is 0 Å². The molecule has 1 saturated heterocycles. The first-order valence-corrected chi connectivity index (χ1v) is 9.70. The summed E-state index contributed by atoms with van der Waals surface area (Å²) in [5.74, 6) is -0.0995. The normalized spacial score (nSPS) is 24.2. The van der Waals surface area contributed by atoms with Crippen LogP contribution in [0.4, 0.5) is 9.93 Å². The molecular formula is C16H25N5O3S. The van der Waals surface area contributed by atoms with Gasteiger partial charge in [0.15, 0.2) is 0 Å². The third-order valence-corrected chi connectivity index (χ3v) is 5.83. The summed E-state index contributed by atoms with van der Waals surface area (Å²) in [7, 11) is 0. The monoisotopic (exact) mass is 367 g/mol. The Morgan fingerprint density at radius 1 is 1.20 bits per heavy atom. The van der Waals surface area contributed by atoms with E-state index >= 15 is 0 Å². The van der Waals surface area contributed by atoms with Crippen LogP contribution < -0.4 is 10.2 Å². The highest BCUT2D eigenvalue weighted by molar-refractivity contribution is 7.09. The molecule has 2 heterocycles. The summed E-state index contributed by atoms with van der Waals surface area (Å²) in [5, 5.41) is 13.0. The highest BCUT2D eigenvalue weighted by Crippen LogP contribution is 2.25. The first-order valence-electron chi connectivity index (χ1n) is 8.92.